The lowest BCUT2D eigenvalue weighted by Crippen LogP contribution is -2.17. The molecule has 4 N–H and O–H groups in total. The summed E-state index contributed by atoms with van der Waals surface area (Å²) in [7, 11) is 0. The van der Waals surface area contributed by atoms with Crippen molar-refractivity contribution < 1.29 is 75.3 Å². The highest BCUT2D eigenvalue weighted by Crippen LogP contribution is 2.51. The van der Waals surface area contributed by atoms with Crippen molar-refractivity contribution in [3.8, 4) is 23.0 Å². The second-order valence-electron chi connectivity index (χ2n) is 7.49. The summed E-state index contributed by atoms with van der Waals surface area (Å²) in [6.07, 6.45) is -17.7. The number of rotatable bonds is 4. The van der Waals surface area contributed by atoms with Crippen molar-refractivity contribution in [2.45, 2.75) is 18.5 Å². The average Bonchev–Trinajstić information content (AvgIpc) is 2.76. The summed E-state index contributed by atoms with van der Waals surface area (Å²) in [5.74, 6) is -23.7. The molecule has 4 nitrogen and oxygen atoms in total. The molecule has 0 heterocycles. The molecule has 0 bridgehead atoms. The molecule has 40 heavy (non-hydrogen) atoms. The van der Waals surface area contributed by atoms with Crippen molar-refractivity contribution in [3.63, 3.8) is 0 Å². The molecular weight excluding hydrogens is 597 g/mol. The Morgan fingerprint density at radius 1 is 0.450 bits per heavy atom. The largest absolute Gasteiger partial charge is 0.450 e. The monoisotopic (exact) mass is 604 g/mol. The van der Waals surface area contributed by atoms with Gasteiger partial charge in [-0.25, -0.2) is 22.0 Å². The molecule has 0 unspecified atom stereocenters. The minimum absolute atomic E-state index is 0.331. The molecule has 0 atom stereocenters. The summed E-state index contributed by atoms with van der Waals surface area (Å²) in [5, 5.41) is 0. The lowest BCUT2D eigenvalue weighted by molar-refractivity contribution is -0.141. The maximum Gasteiger partial charge on any atom is 0.422 e. The molecule has 218 valence electrons. The summed E-state index contributed by atoms with van der Waals surface area (Å²) in [6, 6.07) is -1.37. The second-order valence-corrected chi connectivity index (χ2v) is 7.49. The van der Waals surface area contributed by atoms with Crippen LogP contribution in [0.2, 0.25) is 0 Å². The van der Waals surface area contributed by atoms with Crippen LogP contribution in [0.3, 0.4) is 0 Å². The number of nitrogens with two attached hydrogens (primary N) is 2. The molecule has 0 fully saturated rings. The molecule has 19 heteroatoms. The minimum atomic E-state index is -6.05. The van der Waals surface area contributed by atoms with Crippen LogP contribution in [-0.2, 0) is 18.5 Å². The van der Waals surface area contributed by atoms with Crippen LogP contribution in [0.1, 0.15) is 16.7 Å². The minimum Gasteiger partial charge on any atom is -0.450 e. The number of ether oxygens (including phenoxy) is 2. The number of benzene rings is 3. The molecule has 3 aromatic carbocycles. The fourth-order valence-corrected chi connectivity index (χ4v) is 3.22. The maximum absolute atomic E-state index is 15.2. The Hall–Kier alpha value is -4.19. The van der Waals surface area contributed by atoms with E-state index in [1.807, 2.05) is 0 Å². The first kappa shape index (κ1) is 30.4. The molecule has 0 amide bonds. The lowest BCUT2D eigenvalue weighted by atomic mass is 10.1. The highest BCUT2D eigenvalue weighted by atomic mass is 19.4. The van der Waals surface area contributed by atoms with E-state index in [9.17, 15) is 61.5 Å². The molecule has 0 aromatic heterocycles. The fraction of sp³-hybridized carbons (Fsp3) is 0.143. The maximum atomic E-state index is 15.2. The van der Waals surface area contributed by atoms with Gasteiger partial charge in [0.2, 0.25) is 5.82 Å². The zero-order chi connectivity index (χ0) is 30.7. The van der Waals surface area contributed by atoms with Crippen molar-refractivity contribution in [1.29, 1.82) is 0 Å². The van der Waals surface area contributed by atoms with Gasteiger partial charge in [0.15, 0.2) is 34.6 Å². The van der Waals surface area contributed by atoms with Gasteiger partial charge in [0.05, 0.1) is 11.4 Å². The van der Waals surface area contributed by atoms with Crippen LogP contribution in [0.15, 0.2) is 18.2 Å². The smallest absolute Gasteiger partial charge is 0.422 e. The fourth-order valence-electron chi connectivity index (χ4n) is 3.22. The standard InChI is InChI=1S/C21H7F15N2O2/c22-4-3-9(39-16-7(25)1-5(23)14(37)11(16)20(31,32)33)13(27)18(10(4)19(28,29)30)40-17-8(26)2-6(24)15(38)12(17)21(34,35)36/h1-3H,37-38H2. The third kappa shape index (κ3) is 5.44. The lowest BCUT2D eigenvalue weighted by Gasteiger charge is -2.22. The topological polar surface area (TPSA) is 70.5 Å². The van der Waals surface area contributed by atoms with Gasteiger partial charge in [-0.2, -0.15) is 43.9 Å². The Morgan fingerprint density at radius 3 is 1.20 bits per heavy atom. The van der Waals surface area contributed by atoms with Gasteiger partial charge in [0.1, 0.15) is 34.1 Å². The van der Waals surface area contributed by atoms with E-state index in [1.54, 1.807) is 0 Å². The van der Waals surface area contributed by atoms with Crippen LogP contribution in [0.4, 0.5) is 77.2 Å². The first-order valence-corrected chi connectivity index (χ1v) is 9.71. The predicted molar refractivity (Wildman–Crippen MR) is 103 cm³/mol. The van der Waals surface area contributed by atoms with Gasteiger partial charge in [-0.05, 0) is 0 Å². The number of nitrogen functional groups attached to an aromatic ring is 2. The zero-order valence-corrected chi connectivity index (χ0v) is 18.4. The zero-order valence-electron chi connectivity index (χ0n) is 18.4. The first-order valence-electron chi connectivity index (χ1n) is 9.71. The van der Waals surface area contributed by atoms with Crippen molar-refractivity contribution >= 4 is 11.4 Å². The van der Waals surface area contributed by atoms with Crippen molar-refractivity contribution in [1.82, 2.24) is 0 Å². The summed E-state index contributed by atoms with van der Waals surface area (Å²) in [5.41, 5.74) is -2.03. The van der Waals surface area contributed by atoms with E-state index in [1.165, 1.54) is 0 Å². The van der Waals surface area contributed by atoms with Gasteiger partial charge in [-0.1, -0.05) is 0 Å². The molecule has 0 saturated heterocycles. The highest BCUT2D eigenvalue weighted by molar-refractivity contribution is 5.61. The van der Waals surface area contributed by atoms with Gasteiger partial charge in [-0.3, -0.25) is 0 Å². The summed E-state index contributed by atoms with van der Waals surface area (Å²) in [6.45, 7) is 0. The Kier molecular flexibility index (Phi) is 7.42. The Labute approximate surface area is 210 Å². The van der Waals surface area contributed by atoms with Gasteiger partial charge in [0, 0.05) is 18.2 Å². The SMILES string of the molecule is Nc1c(F)cc(F)c(Oc2cc(F)c(C(F)(F)F)c(Oc3c(F)cc(F)c(N)c3C(F)(F)F)c2F)c1C(F)(F)F. The van der Waals surface area contributed by atoms with E-state index in [4.69, 9.17) is 11.5 Å². The summed E-state index contributed by atoms with van der Waals surface area (Å²) < 4.78 is 215. The van der Waals surface area contributed by atoms with Gasteiger partial charge in [0.25, 0.3) is 0 Å². The van der Waals surface area contributed by atoms with E-state index in [0.717, 1.165) is 0 Å². The van der Waals surface area contributed by atoms with Gasteiger partial charge < -0.3 is 20.9 Å². The van der Waals surface area contributed by atoms with Gasteiger partial charge >= 0.3 is 18.5 Å². The third-order valence-corrected chi connectivity index (χ3v) is 4.85. The van der Waals surface area contributed by atoms with Crippen LogP contribution >= 0.6 is 0 Å². The number of anilines is 2. The summed E-state index contributed by atoms with van der Waals surface area (Å²) >= 11 is 0. The van der Waals surface area contributed by atoms with Crippen molar-refractivity contribution in [3.05, 3.63) is 69.8 Å². The second kappa shape index (κ2) is 9.77. The first-order chi connectivity index (χ1) is 18.1. The molecular formula is C21H7F15N2O2. The van der Waals surface area contributed by atoms with Crippen LogP contribution < -0.4 is 20.9 Å². The molecule has 0 aliphatic heterocycles. The van der Waals surface area contributed by atoms with Gasteiger partial charge in [-0.15, -0.1) is 0 Å². The quantitative estimate of drug-likeness (QED) is 0.232. The van der Waals surface area contributed by atoms with Crippen LogP contribution in [0, 0.1) is 34.9 Å². The van der Waals surface area contributed by atoms with E-state index in [2.05, 4.69) is 9.47 Å². The number of alkyl halides is 9. The molecule has 0 aliphatic carbocycles. The Bertz CT molecular complexity index is 1490. The predicted octanol–water partition coefficient (Wildman–Crippen LogP) is 8.33. The number of hydrogen-bond donors (Lipinski definition) is 2. The van der Waals surface area contributed by atoms with E-state index in [-0.39, 0.29) is 6.07 Å². The molecule has 3 rings (SSSR count). The number of hydrogen-bond acceptors (Lipinski definition) is 4. The molecule has 3 aromatic rings. The molecule has 0 radical (unpaired) electrons. The van der Waals surface area contributed by atoms with Crippen LogP contribution in [-0.4, -0.2) is 0 Å². The molecule has 0 spiro atoms. The number of halogens is 15. The Morgan fingerprint density at radius 2 is 0.825 bits per heavy atom. The Balaban J connectivity index is 2.37. The average molecular weight is 604 g/mol. The summed E-state index contributed by atoms with van der Waals surface area (Å²) in [4.78, 5) is 0. The van der Waals surface area contributed by atoms with Crippen molar-refractivity contribution in [2.75, 3.05) is 11.5 Å². The van der Waals surface area contributed by atoms with E-state index in [0.29, 0.717) is 0 Å². The molecule has 0 aliphatic rings. The highest BCUT2D eigenvalue weighted by Gasteiger charge is 2.45. The van der Waals surface area contributed by atoms with Crippen LogP contribution in [0.5, 0.6) is 23.0 Å². The van der Waals surface area contributed by atoms with E-state index < -0.39 is 117 Å². The van der Waals surface area contributed by atoms with E-state index >= 15 is 4.39 Å². The van der Waals surface area contributed by atoms with Crippen LogP contribution in [0.25, 0.3) is 0 Å². The normalized spacial score (nSPS) is 12.6. The van der Waals surface area contributed by atoms with Crippen molar-refractivity contribution in [2.24, 2.45) is 0 Å². The molecule has 0 saturated carbocycles. The third-order valence-electron chi connectivity index (χ3n) is 4.85.